The monoisotopic (exact) mass is 211 g/mol. The molecule has 0 amide bonds. The van der Waals surface area contributed by atoms with Crippen molar-refractivity contribution in [3.63, 3.8) is 0 Å². The van der Waals surface area contributed by atoms with Gasteiger partial charge < -0.3 is 15.2 Å². The second-order valence-corrected chi connectivity index (χ2v) is 3.29. The average molecular weight is 211 g/mol. The first kappa shape index (κ1) is 16.5. The van der Waals surface area contributed by atoms with E-state index < -0.39 is 5.97 Å². The van der Waals surface area contributed by atoms with Crippen LogP contribution in [0, 0.1) is 0 Å². The normalized spacial score (nSPS) is 9.77. The molecule has 72 valence electrons. The molecule has 0 saturated carbocycles. The van der Waals surface area contributed by atoms with Crippen LogP contribution in [0.1, 0.15) is 39.5 Å². The molecule has 0 rings (SSSR count). The fraction of sp³-hybridized carbons (Fsp3) is 0.889. The topological polar surface area (TPSA) is 52.2 Å². The standard InChI is InChI=1S/C9H19NO2.K/c1-8(2)10-7-5-3-4-6-9(11)12;/h8,10H,3-7H2,1-2H3,(H,11,12);/q;+1/p-1. The predicted molar refractivity (Wildman–Crippen MR) is 46.6 cm³/mol. The first-order valence-electron chi connectivity index (χ1n) is 4.56. The van der Waals surface area contributed by atoms with Gasteiger partial charge in [-0.1, -0.05) is 20.3 Å². The molecule has 0 spiro atoms. The van der Waals surface area contributed by atoms with Gasteiger partial charge >= 0.3 is 51.4 Å². The summed E-state index contributed by atoms with van der Waals surface area (Å²) >= 11 is 0. The third kappa shape index (κ3) is 15.8. The molecule has 0 radical (unpaired) electrons. The van der Waals surface area contributed by atoms with Crippen LogP contribution in [0.4, 0.5) is 0 Å². The Kier molecular flexibility index (Phi) is 14.1. The zero-order valence-corrected chi connectivity index (χ0v) is 12.1. The SMILES string of the molecule is CC(C)NCCCCCC(=O)[O-].[K+]. The molecule has 0 aliphatic heterocycles. The van der Waals surface area contributed by atoms with E-state index in [9.17, 15) is 9.90 Å². The molecule has 0 atom stereocenters. The van der Waals surface area contributed by atoms with E-state index in [0.717, 1.165) is 25.8 Å². The summed E-state index contributed by atoms with van der Waals surface area (Å²) in [5.41, 5.74) is 0. The number of hydrogen-bond donors (Lipinski definition) is 1. The first-order chi connectivity index (χ1) is 5.63. The van der Waals surface area contributed by atoms with Crippen LogP contribution in [0.5, 0.6) is 0 Å². The summed E-state index contributed by atoms with van der Waals surface area (Å²) in [5, 5.41) is 13.3. The smallest absolute Gasteiger partial charge is 0.550 e. The van der Waals surface area contributed by atoms with Gasteiger partial charge in [0, 0.05) is 12.0 Å². The Hall–Kier alpha value is 1.07. The zero-order valence-electron chi connectivity index (χ0n) is 8.93. The summed E-state index contributed by atoms with van der Waals surface area (Å²) in [7, 11) is 0. The average Bonchev–Trinajstić information content (AvgIpc) is 1.95. The molecule has 13 heavy (non-hydrogen) atoms. The molecule has 0 aliphatic carbocycles. The van der Waals surface area contributed by atoms with Crippen LogP contribution in [0.15, 0.2) is 0 Å². The third-order valence-corrected chi connectivity index (χ3v) is 1.61. The molecule has 4 heteroatoms. The number of unbranched alkanes of at least 4 members (excludes halogenated alkanes) is 2. The second kappa shape index (κ2) is 11.1. The summed E-state index contributed by atoms with van der Waals surface area (Å²) in [5.74, 6) is -0.938. The summed E-state index contributed by atoms with van der Waals surface area (Å²) in [6.45, 7) is 5.17. The van der Waals surface area contributed by atoms with Gasteiger partial charge in [-0.2, -0.15) is 0 Å². The van der Waals surface area contributed by atoms with E-state index in [2.05, 4.69) is 19.2 Å². The quantitative estimate of drug-likeness (QED) is 0.368. The van der Waals surface area contributed by atoms with Gasteiger partial charge in [0.15, 0.2) is 0 Å². The van der Waals surface area contributed by atoms with Crippen molar-refractivity contribution in [2.75, 3.05) is 6.54 Å². The summed E-state index contributed by atoms with van der Waals surface area (Å²) in [6, 6.07) is 0.520. The summed E-state index contributed by atoms with van der Waals surface area (Å²) < 4.78 is 0. The molecule has 0 unspecified atom stereocenters. The number of rotatable bonds is 7. The van der Waals surface area contributed by atoms with Gasteiger partial charge in [-0.15, -0.1) is 0 Å². The maximum Gasteiger partial charge on any atom is 1.00 e. The Balaban J connectivity index is 0. The third-order valence-electron chi connectivity index (χ3n) is 1.61. The van der Waals surface area contributed by atoms with E-state index in [1.165, 1.54) is 0 Å². The summed E-state index contributed by atoms with van der Waals surface area (Å²) in [6.07, 6.45) is 2.95. The minimum atomic E-state index is -0.938. The Labute approximate surface area is 123 Å². The number of carbonyl (C=O) groups is 1. The number of nitrogens with one attached hydrogen (secondary N) is 1. The Bertz CT molecular complexity index is 129. The van der Waals surface area contributed by atoms with E-state index in [0.29, 0.717) is 6.04 Å². The molecule has 0 bridgehead atoms. The van der Waals surface area contributed by atoms with Crippen LogP contribution in [0.2, 0.25) is 0 Å². The van der Waals surface area contributed by atoms with Crippen LogP contribution in [-0.2, 0) is 4.79 Å². The molecular formula is C9H18KNO2. The van der Waals surface area contributed by atoms with Crippen molar-refractivity contribution in [2.24, 2.45) is 0 Å². The molecule has 0 saturated heterocycles. The van der Waals surface area contributed by atoms with Gasteiger partial charge in [0.2, 0.25) is 0 Å². The Morgan fingerprint density at radius 2 is 1.92 bits per heavy atom. The van der Waals surface area contributed by atoms with Crippen LogP contribution in [0.25, 0.3) is 0 Å². The van der Waals surface area contributed by atoms with Crippen molar-refractivity contribution in [3.05, 3.63) is 0 Å². The molecule has 3 nitrogen and oxygen atoms in total. The Morgan fingerprint density at radius 1 is 1.31 bits per heavy atom. The van der Waals surface area contributed by atoms with E-state index in [1.807, 2.05) is 0 Å². The molecule has 1 N–H and O–H groups in total. The van der Waals surface area contributed by atoms with Crippen LogP contribution in [0.3, 0.4) is 0 Å². The van der Waals surface area contributed by atoms with E-state index in [-0.39, 0.29) is 57.8 Å². The van der Waals surface area contributed by atoms with Crippen molar-refractivity contribution in [3.8, 4) is 0 Å². The van der Waals surface area contributed by atoms with Crippen molar-refractivity contribution in [2.45, 2.75) is 45.6 Å². The fourth-order valence-corrected chi connectivity index (χ4v) is 0.962. The number of carboxylic acid groups (broad SMARTS) is 1. The first-order valence-corrected chi connectivity index (χ1v) is 4.56. The molecule has 0 aromatic carbocycles. The molecule has 0 aromatic rings. The van der Waals surface area contributed by atoms with Gasteiger partial charge in [-0.05, 0) is 25.8 Å². The van der Waals surface area contributed by atoms with E-state index in [1.54, 1.807) is 0 Å². The number of carboxylic acids is 1. The maximum absolute atomic E-state index is 10.0. The van der Waals surface area contributed by atoms with Crippen molar-refractivity contribution in [1.29, 1.82) is 0 Å². The van der Waals surface area contributed by atoms with Crippen LogP contribution < -0.4 is 61.8 Å². The van der Waals surface area contributed by atoms with Gasteiger partial charge in [0.1, 0.15) is 0 Å². The molecule has 0 heterocycles. The van der Waals surface area contributed by atoms with E-state index >= 15 is 0 Å². The molecular weight excluding hydrogens is 193 g/mol. The number of aliphatic carboxylic acids is 1. The predicted octanol–water partition coefficient (Wildman–Crippen LogP) is -2.70. The van der Waals surface area contributed by atoms with Crippen LogP contribution >= 0.6 is 0 Å². The van der Waals surface area contributed by atoms with Crippen molar-refractivity contribution in [1.82, 2.24) is 5.32 Å². The molecule has 0 fully saturated rings. The maximum atomic E-state index is 10.0. The zero-order chi connectivity index (χ0) is 9.40. The largest absolute Gasteiger partial charge is 1.00 e. The summed E-state index contributed by atoms with van der Waals surface area (Å²) in [4.78, 5) is 10.0. The van der Waals surface area contributed by atoms with Gasteiger partial charge in [-0.3, -0.25) is 0 Å². The van der Waals surface area contributed by atoms with Crippen molar-refractivity contribution >= 4 is 5.97 Å². The second-order valence-electron chi connectivity index (χ2n) is 3.29. The number of carbonyl (C=O) groups excluding carboxylic acids is 1. The van der Waals surface area contributed by atoms with E-state index in [4.69, 9.17) is 0 Å². The fourth-order valence-electron chi connectivity index (χ4n) is 0.962. The van der Waals surface area contributed by atoms with Gasteiger partial charge in [0.05, 0.1) is 0 Å². The number of hydrogen-bond acceptors (Lipinski definition) is 3. The minimum absolute atomic E-state index is 0. The van der Waals surface area contributed by atoms with Gasteiger partial charge in [-0.25, -0.2) is 0 Å². The van der Waals surface area contributed by atoms with Crippen molar-refractivity contribution < 1.29 is 61.3 Å². The molecule has 0 aliphatic rings. The van der Waals surface area contributed by atoms with Gasteiger partial charge in [0.25, 0.3) is 0 Å². The Morgan fingerprint density at radius 3 is 2.38 bits per heavy atom. The van der Waals surface area contributed by atoms with Crippen LogP contribution in [-0.4, -0.2) is 18.6 Å². The molecule has 0 aromatic heterocycles. The minimum Gasteiger partial charge on any atom is -0.550 e.